The molecule has 0 saturated heterocycles. The molecule has 25 heavy (non-hydrogen) atoms. The van der Waals surface area contributed by atoms with Crippen molar-refractivity contribution in [2.45, 2.75) is 83.2 Å². The van der Waals surface area contributed by atoms with Gasteiger partial charge in [-0.3, -0.25) is 4.79 Å². The molecule has 134 valence electrons. The van der Waals surface area contributed by atoms with E-state index in [1.165, 1.54) is 50.5 Å². The van der Waals surface area contributed by atoms with Crippen molar-refractivity contribution in [3.63, 3.8) is 0 Å². The lowest BCUT2D eigenvalue weighted by molar-refractivity contribution is -0.129. The topological polar surface area (TPSA) is 26.3 Å². The maximum atomic E-state index is 12.4. The average molecular weight is 338 g/mol. The highest BCUT2D eigenvalue weighted by atomic mass is 16.5. The summed E-state index contributed by atoms with van der Waals surface area (Å²) in [5, 5.41) is 0. The average Bonchev–Trinajstić information content (AvgIpc) is 3.23. The van der Waals surface area contributed by atoms with E-state index >= 15 is 0 Å². The number of rotatable bonds is 2. The SMILES string of the molecule is CC12CCC3c4ccc(OC5CCCC5)cc4CCC3C1CCC2=O. The Morgan fingerprint density at radius 1 is 1.04 bits per heavy atom. The molecule has 1 aromatic rings. The largest absolute Gasteiger partial charge is 0.490 e. The van der Waals surface area contributed by atoms with Gasteiger partial charge in [-0.1, -0.05) is 13.0 Å². The summed E-state index contributed by atoms with van der Waals surface area (Å²) >= 11 is 0. The first-order valence-electron chi connectivity index (χ1n) is 10.5. The molecule has 0 aromatic heterocycles. The molecule has 4 aliphatic rings. The van der Waals surface area contributed by atoms with Gasteiger partial charge in [0.15, 0.2) is 0 Å². The summed E-state index contributed by atoms with van der Waals surface area (Å²) in [5.41, 5.74) is 3.07. The van der Waals surface area contributed by atoms with Crippen molar-refractivity contribution in [2.75, 3.05) is 0 Å². The van der Waals surface area contributed by atoms with Gasteiger partial charge < -0.3 is 4.74 Å². The van der Waals surface area contributed by atoms with E-state index in [2.05, 4.69) is 25.1 Å². The number of ketones is 1. The summed E-state index contributed by atoms with van der Waals surface area (Å²) < 4.78 is 6.23. The van der Waals surface area contributed by atoms with E-state index < -0.39 is 0 Å². The van der Waals surface area contributed by atoms with Gasteiger partial charge >= 0.3 is 0 Å². The van der Waals surface area contributed by atoms with E-state index in [9.17, 15) is 4.79 Å². The number of ether oxygens (including phenoxy) is 1. The van der Waals surface area contributed by atoms with Gasteiger partial charge in [0.05, 0.1) is 6.10 Å². The first-order chi connectivity index (χ1) is 12.1. The van der Waals surface area contributed by atoms with Crippen molar-refractivity contribution < 1.29 is 9.53 Å². The number of hydrogen-bond donors (Lipinski definition) is 0. The van der Waals surface area contributed by atoms with Crippen LogP contribution in [0.15, 0.2) is 18.2 Å². The Morgan fingerprint density at radius 3 is 2.72 bits per heavy atom. The standard InChI is InChI=1S/C23H30O2/c1-23-13-12-19-18-9-7-17(25-16-4-2-3-5-16)14-15(18)6-8-20(19)21(23)10-11-22(23)24/h7,9,14,16,19-21H,2-6,8,10-13H2,1H3. The number of benzene rings is 1. The number of fused-ring (bicyclic) bond motifs is 5. The first kappa shape index (κ1) is 15.9. The molecule has 0 amide bonds. The molecule has 2 nitrogen and oxygen atoms in total. The third kappa shape index (κ3) is 2.47. The zero-order valence-electron chi connectivity index (χ0n) is 15.4. The van der Waals surface area contributed by atoms with Crippen molar-refractivity contribution in [1.82, 2.24) is 0 Å². The minimum Gasteiger partial charge on any atom is -0.490 e. The van der Waals surface area contributed by atoms with Gasteiger partial charge in [-0.05, 0) is 98.8 Å². The minimum atomic E-state index is -0.00973. The van der Waals surface area contributed by atoms with Crippen LogP contribution in [0.2, 0.25) is 0 Å². The van der Waals surface area contributed by atoms with E-state index in [-0.39, 0.29) is 5.41 Å². The van der Waals surface area contributed by atoms with E-state index in [0.29, 0.717) is 23.7 Å². The fraction of sp³-hybridized carbons (Fsp3) is 0.696. The van der Waals surface area contributed by atoms with Gasteiger partial charge in [0.2, 0.25) is 0 Å². The van der Waals surface area contributed by atoms with Crippen LogP contribution in [0.5, 0.6) is 5.75 Å². The highest BCUT2D eigenvalue weighted by molar-refractivity contribution is 5.87. The molecule has 0 bridgehead atoms. The number of Topliss-reactive ketones (excluding diaryl/α,β-unsaturated/α-hetero) is 1. The Kier molecular flexibility index (Phi) is 3.73. The molecule has 0 aliphatic heterocycles. The molecule has 4 unspecified atom stereocenters. The number of carbonyl (C=O) groups excluding carboxylic acids is 1. The zero-order valence-corrected chi connectivity index (χ0v) is 15.4. The summed E-state index contributed by atoms with van der Waals surface area (Å²) in [5.74, 6) is 3.65. The molecule has 0 heterocycles. The number of aryl methyl sites for hydroxylation is 1. The molecular formula is C23H30O2. The monoisotopic (exact) mass is 338 g/mol. The number of carbonyl (C=O) groups is 1. The smallest absolute Gasteiger partial charge is 0.139 e. The van der Waals surface area contributed by atoms with Crippen LogP contribution in [0.25, 0.3) is 0 Å². The Morgan fingerprint density at radius 2 is 1.88 bits per heavy atom. The van der Waals surface area contributed by atoms with Gasteiger partial charge in [-0.2, -0.15) is 0 Å². The molecular weight excluding hydrogens is 308 g/mol. The first-order valence-corrected chi connectivity index (χ1v) is 10.5. The molecule has 1 aromatic carbocycles. The Labute approximate surface area is 151 Å². The second-order valence-corrected chi connectivity index (χ2v) is 9.22. The Balaban J connectivity index is 1.39. The van der Waals surface area contributed by atoms with Crippen molar-refractivity contribution >= 4 is 5.78 Å². The summed E-state index contributed by atoms with van der Waals surface area (Å²) in [6, 6.07) is 6.90. The van der Waals surface area contributed by atoms with Crippen LogP contribution in [0.4, 0.5) is 0 Å². The quantitative estimate of drug-likeness (QED) is 0.718. The fourth-order valence-electron chi connectivity index (χ4n) is 6.60. The molecule has 0 N–H and O–H groups in total. The van der Waals surface area contributed by atoms with Crippen LogP contribution in [0.3, 0.4) is 0 Å². The molecule has 4 aliphatic carbocycles. The van der Waals surface area contributed by atoms with E-state index in [1.807, 2.05) is 0 Å². The van der Waals surface area contributed by atoms with E-state index in [4.69, 9.17) is 4.74 Å². The summed E-state index contributed by atoms with van der Waals surface area (Å²) in [6.45, 7) is 2.26. The van der Waals surface area contributed by atoms with Crippen LogP contribution in [0.1, 0.15) is 81.8 Å². The third-order valence-corrected chi connectivity index (χ3v) is 8.01. The molecule has 3 fully saturated rings. The molecule has 0 radical (unpaired) electrons. The molecule has 0 spiro atoms. The lowest BCUT2D eigenvalue weighted by Gasteiger charge is -2.48. The predicted octanol–water partition coefficient (Wildman–Crippen LogP) is 5.43. The van der Waals surface area contributed by atoms with Crippen molar-refractivity contribution in [2.24, 2.45) is 17.3 Å². The van der Waals surface area contributed by atoms with Gasteiger partial charge in [0, 0.05) is 11.8 Å². The maximum Gasteiger partial charge on any atom is 0.139 e. The lowest BCUT2D eigenvalue weighted by atomic mass is 9.55. The third-order valence-electron chi connectivity index (χ3n) is 8.01. The van der Waals surface area contributed by atoms with Gasteiger partial charge in [0.1, 0.15) is 11.5 Å². The summed E-state index contributed by atoms with van der Waals surface area (Å²) in [6.07, 6.45) is 12.2. The van der Waals surface area contributed by atoms with Crippen LogP contribution in [-0.2, 0) is 11.2 Å². The number of hydrogen-bond acceptors (Lipinski definition) is 2. The molecule has 4 atom stereocenters. The normalized spacial score (nSPS) is 37.5. The second kappa shape index (κ2) is 5.86. The van der Waals surface area contributed by atoms with E-state index in [1.54, 1.807) is 5.56 Å². The zero-order chi connectivity index (χ0) is 17.0. The molecule has 2 heteroatoms. The summed E-state index contributed by atoms with van der Waals surface area (Å²) in [7, 11) is 0. The Bertz CT molecular complexity index is 687. The van der Waals surface area contributed by atoms with Crippen LogP contribution < -0.4 is 4.74 Å². The lowest BCUT2D eigenvalue weighted by Crippen LogP contribution is -2.42. The van der Waals surface area contributed by atoms with Crippen molar-refractivity contribution in [1.29, 1.82) is 0 Å². The van der Waals surface area contributed by atoms with Crippen molar-refractivity contribution in [3.8, 4) is 5.75 Å². The van der Waals surface area contributed by atoms with E-state index in [0.717, 1.165) is 30.9 Å². The highest BCUT2D eigenvalue weighted by Gasteiger charge is 2.54. The van der Waals surface area contributed by atoms with Gasteiger partial charge in [-0.25, -0.2) is 0 Å². The maximum absolute atomic E-state index is 12.4. The fourth-order valence-corrected chi connectivity index (χ4v) is 6.60. The Hall–Kier alpha value is -1.31. The second-order valence-electron chi connectivity index (χ2n) is 9.22. The minimum absolute atomic E-state index is 0.00973. The van der Waals surface area contributed by atoms with Crippen LogP contribution >= 0.6 is 0 Å². The van der Waals surface area contributed by atoms with Gasteiger partial charge in [0.25, 0.3) is 0 Å². The van der Waals surface area contributed by atoms with Crippen LogP contribution in [0, 0.1) is 17.3 Å². The van der Waals surface area contributed by atoms with Crippen LogP contribution in [-0.4, -0.2) is 11.9 Å². The summed E-state index contributed by atoms with van der Waals surface area (Å²) in [4.78, 5) is 12.4. The molecule has 3 saturated carbocycles. The van der Waals surface area contributed by atoms with Crippen molar-refractivity contribution in [3.05, 3.63) is 29.3 Å². The molecule has 5 rings (SSSR count). The highest BCUT2D eigenvalue weighted by Crippen LogP contribution is 2.59. The van der Waals surface area contributed by atoms with Gasteiger partial charge in [-0.15, -0.1) is 0 Å². The predicted molar refractivity (Wildman–Crippen MR) is 99.0 cm³/mol.